The molecule has 2 aliphatic rings. The molecule has 0 N–H and O–H groups in total. The van der Waals surface area contributed by atoms with E-state index in [0.717, 1.165) is 55.8 Å². The second-order valence-electron chi connectivity index (χ2n) is 11.8. The van der Waals surface area contributed by atoms with Crippen LogP contribution in [0.2, 0.25) is 0 Å². The number of hydrogen-bond donors (Lipinski definition) is 0. The number of fused-ring (bicyclic) bond motifs is 8. The average molecular weight is 753 g/mol. The summed E-state index contributed by atoms with van der Waals surface area (Å²) >= 11 is 0. The Morgan fingerprint density at radius 1 is 0.795 bits per heavy atom. The van der Waals surface area contributed by atoms with Gasteiger partial charge >= 0.3 is 0 Å². The molecule has 1 unspecified atom stereocenters. The van der Waals surface area contributed by atoms with Crippen molar-refractivity contribution in [1.82, 2.24) is 9.97 Å². The summed E-state index contributed by atoms with van der Waals surface area (Å²) in [4.78, 5) is 8.89. The number of aryl methyl sites for hydroxylation is 1. The predicted octanol–water partition coefficient (Wildman–Crippen LogP) is 10.1. The molecule has 8 rings (SSSR count). The fourth-order valence-corrected chi connectivity index (χ4v) is 5.97. The standard InChI is InChI=1S/C25H16N.C16H18N.Ir/c1-15-13-22-20-12-6-11-18-16-7-2-3-8-17(16)23(24(18)20)19-9-4-5-10-21(19)25(22)26-14-15;1-16(2,3)12-13-9-10-17-15(11-13)14-7-5-4-6-8-14;/h2-9,11-14,23H,1H3;4-7,9-11H,12H2,1-3H3;/q2*-1;/i1D3,23D;12D2;. The summed E-state index contributed by atoms with van der Waals surface area (Å²) < 4.78 is 50.0. The van der Waals surface area contributed by atoms with Crippen molar-refractivity contribution in [3.05, 3.63) is 155 Å². The van der Waals surface area contributed by atoms with Gasteiger partial charge in [0.15, 0.2) is 0 Å². The van der Waals surface area contributed by atoms with Gasteiger partial charge in [0.2, 0.25) is 0 Å². The van der Waals surface area contributed by atoms with Crippen molar-refractivity contribution in [3.8, 4) is 44.8 Å². The molecule has 2 aliphatic carbocycles. The molecule has 3 heteroatoms. The number of nitrogens with zero attached hydrogens (tertiary/aromatic N) is 2. The predicted molar refractivity (Wildman–Crippen MR) is 177 cm³/mol. The van der Waals surface area contributed by atoms with E-state index in [4.69, 9.17) is 6.85 Å². The van der Waals surface area contributed by atoms with E-state index in [2.05, 4.69) is 28.2 Å². The Kier molecular flexibility index (Phi) is 6.38. The summed E-state index contributed by atoms with van der Waals surface area (Å²) in [6, 6.07) is 39.0. The van der Waals surface area contributed by atoms with Crippen LogP contribution in [0.4, 0.5) is 0 Å². The smallest absolute Gasteiger partial charge is 0.0350 e. The van der Waals surface area contributed by atoms with Gasteiger partial charge in [0, 0.05) is 46.6 Å². The van der Waals surface area contributed by atoms with Gasteiger partial charge in [0.1, 0.15) is 0 Å². The van der Waals surface area contributed by atoms with E-state index < -0.39 is 24.5 Å². The van der Waals surface area contributed by atoms with E-state index in [0.29, 0.717) is 11.3 Å². The molecule has 219 valence electrons. The first-order chi connectivity index (χ1) is 23.2. The van der Waals surface area contributed by atoms with E-state index in [1.54, 1.807) is 18.3 Å². The molecule has 1 radical (unpaired) electrons. The Balaban J connectivity index is 0.000000188. The third-order valence-electron chi connectivity index (χ3n) is 7.61. The summed E-state index contributed by atoms with van der Waals surface area (Å²) in [6.45, 7) is 3.46. The quantitative estimate of drug-likeness (QED) is 0.165. The van der Waals surface area contributed by atoms with Crippen LogP contribution in [0, 0.1) is 24.4 Å². The van der Waals surface area contributed by atoms with Crippen molar-refractivity contribution in [2.24, 2.45) is 5.41 Å². The van der Waals surface area contributed by atoms with Crippen LogP contribution in [0.15, 0.2) is 116 Å². The summed E-state index contributed by atoms with van der Waals surface area (Å²) in [5.74, 6) is -1.11. The van der Waals surface area contributed by atoms with Crippen molar-refractivity contribution in [1.29, 1.82) is 0 Å². The van der Waals surface area contributed by atoms with Crippen LogP contribution in [0.25, 0.3) is 44.8 Å². The van der Waals surface area contributed by atoms with Crippen LogP contribution in [0.5, 0.6) is 0 Å². The Morgan fingerprint density at radius 2 is 1.55 bits per heavy atom. The molecule has 0 saturated carbocycles. The Morgan fingerprint density at radius 3 is 2.34 bits per heavy atom. The molecule has 0 saturated heterocycles. The van der Waals surface area contributed by atoms with Crippen LogP contribution >= 0.6 is 0 Å². The molecule has 0 amide bonds. The Bertz CT molecular complexity index is 2210. The zero-order chi connectivity index (χ0) is 34.8. The van der Waals surface area contributed by atoms with E-state index in [9.17, 15) is 1.37 Å². The van der Waals surface area contributed by atoms with Gasteiger partial charge in [0.25, 0.3) is 0 Å². The average Bonchev–Trinajstić information content (AvgIpc) is 3.31. The fourth-order valence-electron chi connectivity index (χ4n) is 5.97. The summed E-state index contributed by atoms with van der Waals surface area (Å²) in [5, 5.41) is 0. The zero-order valence-electron chi connectivity index (χ0n) is 30.7. The van der Waals surface area contributed by atoms with Gasteiger partial charge in [-0.3, -0.25) is 0 Å². The minimum absolute atomic E-state index is 0. The van der Waals surface area contributed by atoms with Crippen molar-refractivity contribution in [2.45, 2.75) is 39.9 Å². The van der Waals surface area contributed by atoms with Gasteiger partial charge in [-0.15, -0.1) is 71.3 Å². The third-order valence-corrected chi connectivity index (χ3v) is 7.61. The first-order valence-corrected chi connectivity index (χ1v) is 14.4. The topological polar surface area (TPSA) is 25.8 Å². The van der Waals surface area contributed by atoms with Crippen molar-refractivity contribution in [2.75, 3.05) is 0 Å². The summed E-state index contributed by atoms with van der Waals surface area (Å²) in [6.07, 6.45) is 1.69. The number of pyridine rings is 2. The van der Waals surface area contributed by atoms with Crippen LogP contribution in [-0.2, 0) is 26.5 Å². The molecule has 0 bridgehead atoms. The van der Waals surface area contributed by atoms with Crippen LogP contribution in [-0.4, -0.2) is 9.97 Å². The molecule has 2 nitrogen and oxygen atoms in total. The first-order valence-electron chi connectivity index (χ1n) is 17.4. The SMILES string of the molecule is [2H]C([2H])([2H])c1cnc2c(c1)-c1cccc3c1C([2H])(c1ccc[c-]c1-2)c1ccccc1-3.[2H]C([2H])(c1ccnc(-c2[c-]cccc2)c1)C(C)(C)C.[Ir]. The monoisotopic (exact) mass is 753 g/mol. The van der Waals surface area contributed by atoms with Gasteiger partial charge in [0.05, 0.1) is 0 Å². The molecule has 0 spiro atoms. The molecule has 4 aromatic carbocycles. The van der Waals surface area contributed by atoms with Gasteiger partial charge in [-0.25, -0.2) is 0 Å². The molecular weight excluding hydrogens is 713 g/mol. The van der Waals surface area contributed by atoms with Crippen LogP contribution in [0.1, 0.15) is 62.7 Å². The molecule has 44 heavy (non-hydrogen) atoms. The Labute approximate surface area is 283 Å². The second-order valence-corrected chi connectivity index (χ2v) is 11.8. The molecule has 2 heterocycles. The van der Waals surface area contributed by atoms with E-state index >= 15 is 0 Å². The van der Waals surface area contributed by atoms with Crippen molar-refractivity contribution < 1.29 is 28.3 Å². The molecule has 0 fully saturated rings. The maximum atomic E-state index is 9.80. The van der Waals surface area contributed by atoms with Crippen LogP contribution in [0.3, 0.4) is 0 Å². The van der Waals surface area contributed by atoms with Gasteiger partial charge in [-0.1, -0.05) is 80.9 Å². The van der Waals surface area contributed by atoms with Gasteiger partial charge in [-0.05, 0) is 75.0 Å². The molecule has 6 aromatic rings. The van der Waals surface area contributed by atoms with E-state index in [1.165, 1.54) is 6.20 Å². The second kappa shape index (κ2) is 12.1. The van der Waals surface area contributed by atoms with Crippen LogP contribution < -0.4 is 0 Å². The summed E-state index contributed by atoms with van der Waals surface area (Å²) in [7, 11) is 0. The number of rotatable bonds is 2. The maximum Gasteiger partial charge on any atom is 0.0350 e. The van der Waals surface area contributed by atoms with Gasteiger partial charge < -0.3 is 9.97 Å². The molecule has 0 aliphatic heterocycles. The number of aromatic nitrogens is 2. The maximum absolute atomic E-state index is 9.80. The first kappa shape index (κ1) is 23.2. The zero-order valence-corrected chi connectivity index (χ0v) is 27.1. The van der Waals surface area contributed by atoms with Crippen molar-refractivity contribution in [3.63, 3.8) is 0 Å². The molecule has 2 aromatic heterocycles. The normalized spacial score (nSPS) is 17.9. The summed E-state index contributed by atoms with van der Waals surface area (Å²) in [5.41, 5.74) is 9.73. The number of hydrogen-bond acceptors (Lipinski definition) is 2. The third kappa shape index (κ3) is 5.59. The Hall–Kier alpha value is -4.17. The fraction of sp³-hybridized carbons (Fsp3) is 0.171. The number of benzene rings is 4. The van der Waals surface area contributed by atoms with Crippen molar-refractivity contribution >= 4 is 0 Å². The van der Waals surface area contributed by atoms with Gasteiger partial charge in [-0.2, -0.15) is 0 Å². The van der Waals surface area contributed by atoms with E-state index in [-0.39, 0.29) is 25.7 Å². The minimum Gasteiger partial charge on any atom is -0.305 e. The molecular formula is C41H34IrN2-2. The largest absolute Gasteiger partial charge is 0.305 e. The molecule has 1 atom stereocenters. The van der Waals surface area contributed by atoms with E-state index in [1.807, 2.05) is 106 Å². The minimum atomic E-state index is -2.25.